The Morgan fingerprint density at radius 2 is 2.04 bits per heavy atom. The summed E-state index contributed by atoms with van der Waals surface area (Å²) >= 11 is 0. The Morgan fingerprint density at radius 1 is 1.22 bits per heavy atom. The van der Waals surface area contributed by atoms with Gasteiger partial charge in [-0.25, -0.2) is 4.39 Å². The Bertz CT molecular complexity index is 928. The van der Waals surface area contributed by atoms with Gasteiger partial charge in [-0.3, -0.25) is 4.79 Å². The molecule has 0 aliphatic rings. The number of rotatable bonds is 7. The molecule has 0 N–H and O–H groups in total. The standard InChI is InChI=1S/C19H20FN5O2/c1-3-24(12-14-6-4-8-16(20)10-14)18(26)13-25-22-19(21-23-25)15-7-5-9-17(11-15)27-2/h4-11H,3,12-13H2,1-2H3. The highest BCUT2D eigenvalue weighted by Gasteiger charge is 2.16. The van der Waals surface area contributed by atoms with Crippen molar-refractivity contribution < 1.29 is 13.9 Å². The van der Waals surface area contributed by atoms with Crippen LogP contribution in [0.5, 0.6) is 5.75 Å². The van der Waals surface area contributed by atoms with Crippen LogP contribution in [0.4, 0.5) is 4.39 Å². The predicted octanol–water partition coefficient (Wildman–Crippen LogP) is 2.54. The van der Waals surface area contributed by atoms with E-state index in [-0.39, 0.29) is 18.3 Å². The summed E-state index contributed by atoms with van der Waals surface area (Å²) in [5.41, 5.74) is 1.48. The molecule has 1 amide bonds. The first-order valence-corrected chi connectivity index (χ1v) is 8.53. The SMILES string of the molecule is CCN(Cc1cccc(F)c1)C(=O)Cn1nnc(-c2cccc(OC)c2)n1. The smallest absolute Gasteiger partial charge is 0.246 e. The maximum atomic E-state index is 13.3. The Kier molecular flexibility index (Phi) is 5.75. The van der Waals surface area contributed by atoms with Crippen molar-refractivity contribution in [1.29, 1.82) is 0 Å². The molecule has 0 saturated heterocycles. The van der Waals surface area contributed by atoms with Gasteiger partial charge in [-0.1, -0.05) is 24.3 Å². The highest BCUT2D eigenvalue weighted by Crippen LogP contribution is 2.19. The molecule has 0 atom stereocenters. The quantitative estimate of drug-likeness (QED) is 0.640. The maximum Gasteiger partial charge on any atom is 0.246 e. The van der Waals surface area contributed by atoms with Gasteiger partial charge in [0.1, 0.15) is 18.1 Å². The normalized spacial score (nSPS) is 10.6. The van der Waals surface area contributed by atoms with Gasteiger partial charge in [-0.05, 0) is 42.0 Å². The van der Waals surface area contributed by atoms with E-state index in [1.54, 1.807) is 30.2 Å². The van der Waals surface area contributed by atoms with Crippen molar-refractivity contribution in [1.82, 2.24) is 25.1 Å². The number of amides is 1. The summed E-state index contributed by atoms with van der Waals surface area (Å²) in [7, 11) is 1.58. The Hall–Kier alpha value is -3.29. The number of likely N-dealkylation sites (N-methyl/N-ethyl adjacent to an activating group) is 1. The zero-order valence-corrected chi connectivity index (χ0v) is 15.2. The number of hydrogen-bond acceptors (Lipinski definition) is 5. The molecule has 140 valence electrons. The van der Waals surface area contributed by atoms with Crippen LogP contribution in [-0.2, 0) is 17.9 Å². The highest BCUT2D eigenvalue weighted by molar-refractivity contribution is 5.75. The van der Waals surface area contributed by atoms with Gasteiger partial charge in [-0.2, -0.15) is 4.80 Å². The number of nitrogens with zero attached hydrogens (tertiary/aromatic N) is 5. The van der Waals surface area contributed by atoms with E-state index in [0.717, 1.165) is 11.1 Å². The first-order valence-electron chi connectivity index (χ1n) is 8.53. The molecule has 27 heavy (non-hydrogen) atoms. The van der Waals surface area contributed by atoms with E-state index in [4.69, 9.17) is 4.74 Å². The summed E-state index contributed by atoms with van der Waals surface area (Å²) in [6.45, 7) is 2.64. The molecule has 0 radical (unpaired) electrons. The van der Waals surface area contributed by atoms with Gasteiger partial charge in [-0.15, -0.1) is 10.2 Å². The van der Waals surface area contributed by atoms with E-state index in [0.29, 0.717) is 24.7 Å². The molecule has 7 nitrogen and oxygen atoms in total. The van der Waals surface area contributed by atoms with Crippen LogP contribution in [0, 0.1) is 5.82 Å². The van der Waals surface area contributed by atoms with Crippen molar-refractivity contribution in [3.8, 4) is 17.1 Å². The molecule has 0 bridgehead atoms. The van der Waals surface area contributed by atoms with Crippen molar-refractivity contribution in [3.05, 3.63) is 59.9 Å². The average Bonchev–Trinajstić information content (AvgIpc) is 3.14. The van der Waals surface area contributed by atoms with Crippen LogP contribution in [0.3, 0.4) is 0 Å². The zero-order valence-electron chi connectivity index (χ0n) is 15.2. The van der Waals surface area contributed by atoms with Crippen LogP contribution >= 0.6 is 0 Å². The second-order valence-corrected chi connectivity index (χ2v) is 5.91. The van der Waals surface area contributed by atoms with Crippen LogP contribution in [0.25, 0.3) is 11.4 Å². The van der Waals surface area contributed by atoms with E-state index >= 15 is 0 Å². The van der Waals surface area contributed by atoms with Gasteiger partial charge in [0.25, 0.3) is 0 Å². The van der Waals surface area contributed by atoms with Gasteiger partial charge in [0.2, 0.25) is 11.7 Å². The summed E-state index contributed by atoms with van der Waals surface area (Å²) in [5.74, 6) is 0.607. The monoisotopic (exact) mass is 369 g/mol. The van der Waals surface area contributed by atoms with Crippen molar-refractivity contribution in [2.24, 2.45) is 0 Å². The third-order valence-corrected chi connectivity index (χ3v) is 4.05. The summed E-state index contributed by atoms with van der Waals surface area (Å²) in [5, 5.41) is 12.2. The minimum atomic E-state index is -0.322. The van der Waals surface area contributed by atoms with Crippen LogP contribution in [0.2, 0.25) is 0 Å². The molecule has 0 aliphatic carbocycles. The molecular formula is C19H20FN5O2. The second-order valence-electron chi connectivity index (χ2n) is 5.91. The predicted molar refractivity (Wildman–Crippen MR) is 97.3 cm³/mol. The summed E-state index contributed by atoms with van der Waals surface area (Å²) in [4.78, 5) is 15.4. The lowest BCUT2D eigenvalue weighted by Crippen LogP contribution is -2.33. The lowest BCUT2D eigenvalue weighted by atomic mass is 10.2. The van der Waals surface area contributed by atoms with E-state index in [1.807, 2.05) is 25.1 Å². The Labute approximate surface area is 156 Å². The number of ether oxygens (including phenoxy) is 1. The van der Waals surface area contributed by atoms with Gasteiger partial charge in [0.15, 0.2) is 0 Å². The Morgan fingerprint density at radius 3 is 2.78 bits per heavy atom. The molecule has 3 rings (SSSR count). The number of carbonyl (C=O) groups excluding carboxylic acids is 1. The van der Waals surface area contributed by atoms with Gasteiger partial charge >= 0.3 is 0 Å². The van der Waals surface area contributed by atoms with E-state index < -0.39 is 0 Å². The van der Waals surface area contributed by atoms with Crippen LogP contribution in [0.1, 0.15) is 12.5 Å². The summed E-state index contributed by atoms with van der Waals surface area (Å²) in [6.07, 6.45) is 0. The number of tetrazole rings is 1. The van der Waals surface area contributed by atoms with Crippen molar-refractivity contribution >= 4 is 5.91 Å². The van der Waals surface area contributed by atoms with E-state index in [9.17, 15) is 9.18 Å². The first kappa shape index (κ1) is 18.5. The molecule has 3 aromatic rings. The number of halogens is 1. The molecule has 2 aromatic carbocycles. The highest BCUT2D eigenvalue weighted by atomic mass is 19.1. The van der Waals surface area contributed by atoms with E-state index in [2.05, 4.69) is 15.4 Å². The number of carbonyl (C=O) groups is 1. The van der Waals surface area contributed by atoms with Crippen molar-refractivity contribution in [2.75, 3.05) is 13.7 Å². The topological polar surface area (TPSA) is 73.1 Å². The summed E-state index contributed by atoms with van der Waals surface area (Å²) in [6, 6.07) is 13.5. The van der Waals surface area contributed by atoms with E-state index in [1.165, 1.54) is 16.9 Å². The fraction of sp³-hybridized carbons (Fsp3) is 0.263. The summed E-state index contributed by atoms with van der Waals surface area (Å²) < 4.78 is 18.5. The molecule has 0 aliphatic heterocycles. The Balaban J connectivity index is 1.68. The van der Waals surface area contributed by atoms with Gasteiger partial charge in [0.05, 0.1) is 7.11 Å². The lowest BCUT2D eigenvalue weighted by molar-refractivity contribution is -0.132. The number of aromatic nitrogens is 4. The molecule has 1 aromatic heterocycles. The number of hydrogen-bond donors (Lipinski definition) is 0. The molecule has 0 unspecified atom stereocenters. The average molecular weight is 369 g/mol. The molecule has 0 saturated carbocycles. The number of benzene rings is 2. The molecule has 8 heteroatoms. The van der Waals surface area contributed by atoms with Crippen LogP contribution in [0.15, 0.2) is 48.5 Å². The second kappa shape index (κ2) is 8.39. The van der Waals surface area contributed by atoms with Gasteiger partial charge < -0.3 is 9.64 Å². The molecule has 0 fully saturated rings. The fourth-order valence-electron chi connectivity index (χ4n) is 2.64. The molecule has 0 spiro atoms. The third-order valence-electron chi connectivity index (χ3n) is 4.05. The minimum Gasteiger partial charge on any atom is -0.497 e. The fourth-order valence-corrected chi connectivity index (χ4v) is 2.64. The lowest BCUT2D eigenvalue weighted by Gasteiger charge is -2.20. The van der Waals surface area contributed by atoms with Crippen LogP contribution < -0.4 is 4.74 Å². The van der Waals surface area contributed by atoms with Crippen molar-refractivity contribution in [2.45, 2.75) is 20.0 Å². The number of methoxy groups -OCH3 is 1. The first-order chi connectivity index (χ1) is 13.1. The zero-order chi connectivity index (χ0) is 19.2. The largest absolute Gasteiger partial charge is 0.497 e. The maximum absolute atomic E-state index is 13.3. The molecular weight excluding hydrogens is 349 g/mol. The molecule has 1 heterocycles. The van der Waals surface area contributed by atoms with Crippen LogP contribution in [-0.4, -0.2) is 44.7 Å². The third kappa shape index (κ3) is 4.66. The minimum absolute atomic E-state index is 0.0415. The van der Waals surface area contributed by atoms with Crippen molar-refractivity contribution in [3.63, 3.8) is 0 Å². The van der Waals surface area contributed by atoms with Gasteiger partial charge in [0, 0.05) is 18.7 Å².